The molecule has 6 nitrogen and oxygen atoms in total. The third-order valence-electron chi connectivity index (χ3n) is 7.03. The number of hydrogen-bond donors (Lipinski definition) is 1. The van der Waals surface area contributed by atoms with E-state index in [2.05, 4.69) is 34.5 Å². The molecule has 5 rings (SSSR count). The Morgan fingerprint density at radius 2 is 1.84 bits per heavy atom. The molecule has 1 aromatic heterocycles. The van der Waals surface area contributed by atoms with Crippen molar-refractivity contribution in [3.8, 4) is 0 Å². The molecular formula is C26H30N4O2. The number of aromatic nitrogens is 2. The molecule has 32 heavy (non-hydrogen) atoms. The van der Waals surface area contributed by atoms with Crippen molar-refractivity contribution in [3.05, 3.63) is 65.9 Å². The summed E-state index contributed by atoms with van der Waals surface area (Å²) in [5.41, 5.74) is 3.07. The van der Waals surface area contributed by atoms with Crippen molar-refractivity contribution in [1.82, 2.24) is 15.3 Å². The summed E-state index contributed by atoms with van der Waals surface area (Å²) in [5.74, 6) is 0.724. The summed E-state index contributed by atoms with van der Waals surface area (Å²) in [7, 11) is 0. The van der Waals surface area contributed by atoms with E-state index in [1.807, 2.05) is 37.3 Å². The molecule has 2 saturated heterocycles. The minimum Gasteiger partial charge on any atom is -0.381 e. The van der Waals surface area contributed by atoms with Crippen molar-refractivity contribution in [2.45, 2.75) is 44.1 Å². The Balaban J connectivity index is 1.35. The Labute approximate surface area is 189 Å². The van der Waals surface area contributed by atoms with Crippen LogP contribution in [0.3, 0.4) is 0 Å². The lowest BCUT2D eigenvalue weighted by Gasteiger charge is -2.38. The van der Waals surface area contributed by atoms with E-state index < -0.39 is 0 Å². The van der Waals surface area contributed by atoms with E-state index in [4.69, 9.17) is 14.7 Å². The van der Waals surface area contributed by atoms with Gasteiger partial charge in [0.15, 0.2) is 0 Å². The molecule has 0 bridgehead atoms. The van der Waals surface area contributed by atoms with Crippen LogP contribution in [0.2, 0.25) is 0 Å². The molecule has 166 valence electrons. The summed E-state index contributed by atoms with van der Waals surface area (Å²) in [6.45, 7) is 4.89. The van der Waals surface area contributed by atoms with Gasteiger partial charge in [-0.05, 0) is 44.2 Å². The van der Waals surface area contributed by atoms with Gasteiger partial charge in [0.2, 0.25) is 11.9 Å². The fourth-order valence-electron chi connectivity index (χ4n) is 5.12. The van der Waals surface area contributed by atoms with E-state index in [0.717, 1.165) is 62.0 Å². The normalized spacial score (nSPS) is 20.4. The first kappa shape index (κ1) is 20.9. The van der Waals surface area contributed by atoms with Gasteiger partial charge in [-0.3, -0.25) is 4.79 Å². The summed E-state index contributed by atoms with van der Waals surface area (Å²) in [6, 6.07) is 18.3. The number of benzene rings is 2. The second-order valence-corrected chi connectivity index (χ2v) is 8.95. The fourth-order valence-corrected chi connectivity index (χ4v) is 5.12. The van der Waals surface area contributed by atoms with Crippen molar-refractivity contribution in [3.63, 3.8) is 0 Å². The van der Waals surface area contributed by atoms with Gasteiger partial charge in [-0.2, -0.15) is 0 Å². The molecule has 2 aliphatic heterocycles. The van der Waals surface area contributed by atoms with Crippen LogP contribution in [0, 0.1) is 6.92 Å². The molecular weight excluding hydrogens is 400 g/mol. The van der Waals surface area contributed by atoms with Gasteiger partial charge >= 0.3 is 0 Å². The highest BCUT2D eigenvalue weighted by atomic mass is 16.5. The van der Waals surface area contributed by atoms with Crippen LogP contribution in [0.5, 0.6) is 0 Å². The van der Waals surface area contributed by atoms with Crippen LogP contribution in [-0.4, -0.2) is 48.2 Å². The van der Waals surface area contributed by atoms with E-state index in [-0.39, 0.29) is 17.4 Å². The predicted octanol–water partition coefficient (Wildman–Crippen LogP) is 3.77. The molecule has 1 amide bonds. The zero-order valence-electron chi connectivity index (χ0n) is 18.6. The second kappa shape index (κ2) is 8.87. The number of fused-ring (bicyclic) bond motifs is 1. The molecule has 6 heteroatoms. The molecule has 0 radical (unpaired) electrons. The lowest BCUT2D eigenvalue weighted by atomic mass is 9.74. The Morgan fingerprint density at radius 1 is 1.09 bits per heavy atom. The lowest BCUT2D eigenvalue weighted by molar-refractivity contribution is -0.122. The number of nitrogens with one attached hydrogen (secondary N) is 1. The SMILES string of the molecule is Cc1nc(N2CCC[C@@H]2C(=O)NCC2(c3ccccc3)CCOCC2)nc2ccccc12. The first-order valence-corrected chi connectivity index (χ1v) is 11.6. The summed E-state index contributed by atoms with van der Waals surface area (Å²) in [5, 5.41) is 4.35. The maximum absolute atomic E-state index is 13.4. The van der Waals surface area contributed by atoms with Gasteiger partial charge in [0, 0.05) is 37.1 Å². The summed E-state index contributed by atoms with van der Waals surface area (Å²) in [4.78, 5) is 25.0. The number of para-hydroxylation sites is 1. The maximum Gasteiger partial charge on any atom is 0.242 e. The van der Waals surface area contributed by atoms with Crippen molar-refractivity contribution in [1.29, 1.82) is 0 Å². The Hall–Kier alpha value is -2.99. The number of carbonyl (C=O) groups excluding carboxylic acids is 1. The number of hydrogen-bond acceptors (Lipinski definition) is 5. The number of amides is 1. The molecule has 3 aromatic rings. The maximum atomic E-state index is 13.4. The molecule has 1 N–H and O–H groups in total. The average molecular weight is 431 g/mol. The van der Waals surface area contributed by atoms with Gasteiger partial charge in [-0.1, -0.05) is 48.5 Å². The Morgan fingerprint density at radius 3 is 2.66 bits per heavy atom. The molecule has 0 unspecified atom stereocenters. The highest BCUT2D eigenvalue weighted by Gasteiger charge is 2.37. The molecule has 1 atom stereocenters. The molecule has 0 saturated carbocycles. The number of ether oxygens (including phenoxy) is 1. The van der Waals surface area contributed by atoms with Crippen LogP contribution in [0.15, 0.2) is 54.6 Å². The average Bonchev–Trinajstić information content (AvgIpc) is 3.34. The van der Waals surface area contributed by atoms with Crippen LogP contribution in [0.1, 0.15) is 36.9 Å². The molecule has 0 aliphatic carbocycles. The summed E-state index contributed by atoms with van der Waals surface area (Å²) in [6.07, 6.45) is 3.62. The minimum absolute atomic E-state index is 0.0682. The number of rotatable bonds is 5. The lowest BCUT2D eigenvalue weighted by Crippen LogP contribution is -2.50. The van der Waals surface area contributed by atoms with Gasteiger partial charge in [0.05, 0.1) is 11.2 Å². The number of anilines is 1. The Bertz CT molecular complexity index is 1100. The van der Waals surface area contributed by atoms with Crippen LogP contribution < -0.4 is 10.2 Å². The topological polar surface area (TPSA) is 67.4 Å². The smallest absolute Gasteiger partial charge is 0.242 e. The van der Waals surface area contributed by atoms with E-state index in [0.29, 0.717) is 12.5 Å². The van der Waals surface area contributed by atoms with Gasteiger partial charge in [-0.15, -0.1) is 0 Å². The highest BCUT2D eigenvalue weighted by Crippen LogP contribution is 2.34. The highest BCUT2D eigenvalue weighted by molar-refractivity contribution is 5.86. The van der Waals surface area contributed by atoms with Gasteiger partial charge < -0.3 is 15.0 Å². The monoisotopic (exact) mass is 430 g/mol. The fraction of sp³-hybridized carbons (Fsp3) is 0.423. The second-order valence-electron chi connectivity index (χ2n) is 8.95. The first-order valence-electron chi connectivity index (χ1n) is 11.6. The van der Waals surface area contributed by atoms with E-state index in [9.17, 15) is 4.79 Å². The number of carbonyl (C=O) groups is 1. The number of aryl methyl sites for hydroxylation is 1. The van der Waals surface area contributed by atoms with Crippen LogP contribution in [0.25, 0.3) is 10.9 Å². The van der Waals surface area contributed by atoms with Crippen molar-refractivity contribution < 1.29 is 9.53 Å². The van der Waals surface area contributed by atoms with Crippen molar-refractivity contribution in [2.75, 3.05) is 31.2 Å². The third kappa shape index (κ3) is 3.95. The third-order valence-corrected chi connectivity index (χ3v) is 7.03. The summed E-state index contributed by atoms with van der Waals surface area (Å²) >= 11 is 0. The largest absolute Gasteiger partial charge is 0.381 e. The van der Waals surface area contributed by atoms with Gasteiger partial charge in [-0.25, -0.2) is 9.97 Å². The van der Waals surface area contributed by atoms with Crippen LogP contribution in [0.4, 0.5) is 5.95 Å². The Kier molecular flexibility index (Phi) is 5.79. The zero-order valence-corrected chi connectivity index (χ0v) is 18.6. The van der Waals surface area contributed by atoms with Crippen molar-refractivity contribution >= 4 is 22.8 Å². The molecule has 2 fully saturated rings. The van der Waals surface area contributed by atoms with Crippen LogP contribution >= 0.6 is 0 Å². The number of nitrogens with zero attached hydrogens (tertiary/aromatic N) is 3. The quantitative estimate of drug-likeness (QED) is 0.667. The van der Waals surface area contributed by atoms with E-state index in [1.54, 1.807) is 0 Å². The van der Waals surface area contributed by atoms with E-state index >= 15 is 0 Å². The van der Waals surface area contributed by atoms with E-state index in [1.165, 1.54) is 5.56 Å². The molecule has 2 aromatic carbocycles. The predicted molar refractivity (Wildman–Crippen MR) is 126 cm³/mol. The molecule has 2 aliphatic rings. The standard InChI is InChI=1S/C26H30N4O2/c1-19-21-10-5-6-11-22(21)29-25(28-19)30-15-7-12-23(30)24(31)27-18-26(13-16-32-17-14-26)20-8-3-2-4-9-20/h2-6,8-11,23H,7,12-18H2,1H3,(H,27,31)/t23-/m1/s1. The first-order chi connectivity index (χ1) is 15.7. The van der Waals surface area contributed by atoms with Gasteiger partial charge in [0.25, 0.3) is 0 Å². The van der Waals surface area contributed by atoms with Crippen molar-refractivity contribution in [2.24, 2.45) is 0 Å². The van der Waals surface area contributed by atoms with Crippen LogP contribution in [-0.2, 0) is 14.9 Å². The molecule has 3 heterocycles. The summed E-state index contributed by atoms with van der Waals surface area (Å²) < 4.78 is 5.64. The molecule has 0 spiro atoms. The van der Waals surface area contributed by atoms with Gasteiger partial charge in [0.1, 0.15) is 6.04 Å². The minimum atomic E-state index is -0.233. The zero-order chi connectivity index (χ0) is 22.0.